The minimum absolute atomic E-state index is 0.0108. The SMILES string of the molecule is CCCCCCCc1[nH]c2ccccc2c(=O)c1C(=O)NO. The standard InChI is InChI=1S/C17H22N2O3/c1-2-3-4-5-6-11-14-15(17(21)19-22)16(20)12-9-7-8-10-13(12)18-14/h7-10,22H,2-6,11H2,1H3,(H,18,20)(H,19,21). The molecule has 1 aromatic heterocycles. The van der Waals surface area contributed by atoms with Crippen molar-refractivity contribution in [3.63, 3.8) is 0 Å². The predicted octanol–water partition coefficient (Wildman–Crippen LogP) is 3.16. The highest BCUT2D eigenvalue weighted by Gasteiger charge is 2.18. The van der Waals surface area contributed by atoms with Gasteiger partial charge in [-0.05, 0) is 25.0 Å². The summed E-state index contributed by atoms with van der Waals surface area (Å²) in [4.78, 5) is 27.5. The van der Waals surface area contributed by atoms with E-state index in [1.54, 1.807) is 17.6 Å². The molecule has 0 aliphatic rings. The maximum Gasteiger partial charge on any atom is 0.280 e. The van der Waals surface area contributed by atoms with E-state index in [0.717, 1.165) is 19.3 Å². The average molecular weight is 302 g/mol. The summed E-state index contributed by atoms with van der Waals surface area (Å²) in [7, 11) is 0. The van der Waals surface area contributed by atoms with Gasteiger partial charge in [-0.2, -0.15) is 0 Å². The van der Waals surface area contributed by atoms with E-state index in [4.69, 9.17) is 5.21 Å². The summed E-state index contributed by atoms with van der Waals surface area (Å²) in [5, 5.41) is 9.35. The van der Waals surface area contributed by atoms with Gasteiger partial charge in [0.05, 0.1) is 0 Å². The van der Waals surface area contributed by atoms with Gasteiger partial charge in [-0.1, -0.05) is 44.7 Å². The molecule has 0 aliphatic carbocycles. The third-order valence-corrected chi connectivity index (χ3v) is 3.85. The number of hydroxylamine groups is 1. The Hall–Kier alpha value is -2.14. The number of aryl methyl sites for hydroxylation is 1. The fraction of sp³-hybridized carbons (Fsp3) is 0.412. The molecular weight excluding hydrogens is 280 g/mol. The first-order chi connectivity index (χ1) is 10.7. The second kappa shape index (κ2) is 7.75. The third-order valence-electron chi connectivity index (χ3n) is 3.85. The van der Waals surface area contributed by atoms with Gasteiger partial charge in [-0.3, -0.25) is 14.8 Å². The van der Waals surface area contributed by atoms with Crippen LogP contribution in [0.5, 0.6) is 0 Å². The van der Waals surface area contributed by atoms with Crippen LogP contribution in [0.4, 0.5) is 0 Å². The molecule has 0 saturated carbocycles. The molecule has 0 unspecified atom stereocenters. The number of amides is 1. The van der Waals surface area contributed by atoms with Gasteiger partial charge in [0, 0.05) is 16.6 Å². The molecule has 0 fully saturated rings. The Kier molecular flexibility index (Phi) is 5.72. The summed E-state index contributed by atoms with van der Waals surface area (Å²) in [6.45, 7) is 2.16. The van der Waals surface area contributed by atoms with Crippen molar-refractivity contribution in [2.45, 2.75) is 45.4 Å². The Morgan fingerprint density at radius 1 is 1.18 bits per heavy atom. The second-order valence-corrected chi connectivity index (χ2v) is 5.46. The zero-order chi connectivity index (χ0) is 15.9. The van der Waals surface area contributed by atoms with Crippen LogP contribution >= 0.6 is 0 Å². The molecule has 0 aliphatic heterocycles. The van der Waals surface area contributed by atoms with Crippen molar-refractivity contribution >= 4 is 16.8 Å². The molecule has 5 heteroatoms. The monoisotopic (exact) mass is 302 g/mol. The van der Waals surface area contributed by atoms with E-state index in [1.165, 1.54) is 12.8 Å². The lowest BCUT2D eigenvalue weighted by Crippen LogP contribution is -2.28. The van der Waals surface area contributed by atoms with Gasteiger partial charge in [0.15, 0.2) is 0 Å². The maximum absolute atomic E-state index is 12.5. The number of H-pyrrole nitrogens is 1. The van der Waals surface area contributed by atoms with Crippen molar-refractivity contribution < 1.29 is 10.0 Å². The van der Waals surface area contributed by atoms with Crippen LogP contribution in [0.1, 0.15) is 55.1 Å². The van der Waals surface area contributed by atoms with E-state index in [2.05, 4.69) is 11.9 Å². The number of nitrogens with one attached hydrogen (secondary N) is 2. The third kappa shape index (κ3) is 3.54. The lowest BCUT2D eigenvalue weighted by molar-refractivity contribution is 0.0703. The molecule has 2 rings (SSSR count). The first kappa shape index (κ1) is 16.2. The lowest BCUT2D eigenvalue weighted by Gasteiger charge is -2.10. The number of benzene rings is 1. The summed E-state index contributed by atoms with van der Waals surface area (Å²) in [5.74, 6) is -0.754. The highest BCUT2D eigenvalue weighted by Crippen LogP contribution is 2.14. The van der Waals surface area contributed by atoms with Crippen LogP contribution in [-0.2, 0) is 6.42 Å². The van der Waals surface area contributed by atoms with E-state index in [9.17, 15) is 9.59 Å². The quantitative estimate of drug-likeness (QED) is 0.417. The van der Waals surface area contributed by atoms with Gasteiger partial charge >= 0.3 is 0 Å². The van der Waals surface area contributed by atoms with E-state index in [-0.39, 0.29) is 11.0 Å². The van der Waals surface area contributed by atoms with Gasteiger partial charge < -0.3 is 4.98 Å². The Labute approximate surface area is 129 Å². The van der Waals surface area contributed by atoms with Crippen LogP contribution < -0.4 is 10.9 Å². The van der Waals surface area contributed by atoms with Crippen LogP contribution in [0.25, 0.3) is 10.9 Å². The Balaban J connectivity index is 2.34. The first-order valence-corrected chi connectivity index (χ1v) is 7.77. The van der Waals surface area contributed by atoms with Gasteiger partial charge in [0.2, 0.25) is 5.43 Å². The number of aromatic nitrogens is 1. The number of carbonyl (C=O) groups is 1. The molecular formula is C17H22N2O3. The molecule has 1 heterocycles. The zero-order valence-electron chi connectivity index (χ0n) is 12.8. The van der Waals surface area contributed by atoms with Crippen LogP contribution in [0.15, 0.2) is 29.1 Å². The number of unbranched alkanes of at least 4 members (excludes halogenated alkanes) is 4. The summed E-state index contributed by atoms with van der Waals surface area (Å²) < 4.78 is 0. The van der Waals surface area contributed by atoms with E-state index >= 15 is 0 Å². The maximum atomic E-state index is 12.5. The number of fused-ring (bicyclic) bond motifs is 1. The van der Waals surface area contributed by atoms with E-state index in [1.807, 2.05) is 12.1 Å². The number of hydrogen-bond acceptors (Lipinski definition) is 3. The van der Waals surface area contributed by atoms with E-state index in [0.29, 0.717) is 23.0 Å². The van der Waals surface area contributed by atoms with Crippen molar-refractivity contribution in [1.29, 1.82) is 0 Å². The number of aromatic amines is 1. The molecule has 22 heavy (non-hydrogen) atoms. The van der Waals surface area contributed by atoms with Crippen molar-refractivity contribution in [2.24, 2.45) is 0 Å². The second-order valence-electron chi connectivity index (χ2n) is 5.46. The average Bonchev–Trinajstić information content (AvgIpc) is 2.54. The smallest absolute Gasteiger partial charge is 0.280 e. The number of para-hydroxylation sites is 1. The summed E-state index contributed by atoms with van der Waals surface area (Å²) in [6.07, 6.45) is 6.09. The predicted molar refractivity (Wildman–Crippen MR) is 86.3 cm³/mol. The number of hydrogen-bond donors (Lipinski definition) is 3. The largest absolute Gasteiger partial charge is 0.358 e. The van der Waals surface area contributed by atoms with Crippen LogP contribution in [0.2, 0.25) is 0 Å². The van der Waals surface area contributed by atoms with Gasteiger partial charge in [0.1, 0.15) is 5.56 Å². The molecule has 1 aromatic carbocycles. The topological polar surface area (TPSA) is 82.2 Å². The summed E-state index contributed by atoms with van der Waals surface area (Å²) in [6, 6.07) is 7.09. The first-order valence-electron chi connectivity index (χ1n) is 7.77. The van der Waals surface area contributed by atoms with Crippen LogP contribution in [-0.4, -0.2) is 16.1 Å². The van der Waals surface area contributed by atoms with Crippen molar-refractivity contribution in [2.75, 3.05) is 0 Å². The number of pyridine rings is 1. The Morgan fingerprint density at radius 3 is 2.64 bits per heavy atom. The molecule has 0 spiro atoms. The van der Waals surface area contributed by atoms with Crippen molar-refractivity contribution in [3.05, 3.63) is 45.7 Å². The fourth-order valence-electron chi connectivity index (χ4n) is 2.68. The molecule has 2 aromatic rings. The fourth-order valence-corrected chi connectivity index (χ4v) is 2.68. The number of rotatable bonds is 7. The van der Waals surface area contributed by atoms with E-state index < -0.39 is 5.91 Å². The molecule has 0 bridgehead atoms. The molecule has 3 N–H and O–H groups in total. The van der Waals surface area contributed by atoms with Crippen molar-refractivity contribution in [1.82, 2.24) is 10.5 Å². The van der Waals surface area contributed by atoms with Gasteiger partial charge in [-0.15, -0.1) is 0 Å². The molecule has 118 valence electrons. The zero-order valence-corrected chi connectivity index (χ0v) is 12.8. The highest BCUT2D eigenvalue weighted by atomic mass is 16.5. The molecule has 0 atom stereocenters. The Bertz CT molecular complexity index is 707. The van der Waals surface area contributed by atoms with Gasteiger partial charge in [-0.25, -0.2) is 5.48 Å². The normalized spacial score (nSPS) is 10.8. The molecule has 1 amide bonds. The van der Waals surface area contributed by atoms with Crippen molar-refractivity contribution in [3.8, 4) is 0 Å². The molecule has 0 radical (unpaired) electrons. The molecule has 5 nitrogen and oxygen atoms in total. The minimum Gasteiger partial charge on any atom is -0.358 e. The minimum atomic E-state index is -0.754. The van der Waals surface area contributed by atoms with Gasteiger partial charge in [0.25, 0.3) is 5.91 Å². The van der Waals surface area contributed by atoms with Crippen LogP contribution in [0, 0.1) is 0 Å². The summed E-state index contributed by atoms with van der Waals surface area (Å²) in [5.41, 5.74) is 2.55. The Morgan fingerprint density at radius 2 is 1.91 bits per heavy atom. The molecule has 0 saturated heterocycles. The summed E-state index contributed by atoms with van der Waals surface area (Å²) >= 11 is 0. The lowest BCUT2D eigenvalue weighted by atomic mass is 10.0. The van der Waals surface area contributed by atoms with Crippen LogP contribution in [0.3, 0.4) is 0 Å². The highest BCUT2D eigenvalue weighted by molar-refractivity contribution is 5.97. The number of carbonyl (C=O) groups excluding carboxylic acids is 1.